The van der Waals surface area contributed by atoms with Crippen LogP contribution in [0.3, 0.4) is 0 Å². The van der Waals surface area contributed by atoms with E-state index in [1.54, 1.807) is 6.20 Å². The lowest BCUT2D eigenvalue weighted by Crippen LogP contribution is -2.36. The molecule has 1 aromatic heterocycles. The van der Waals surface area contributed by atoms with E-state index in [1.807, 2.05) is 0 Å². The van der Waals surface area contributed by atoms with Gasteiger partial charge in [-0.1, -0.05) is 11.6 Å². The molecule has 0 spiro atoms. The summed E-state index contributed by atoms with van der Waals surface area (Å²) in [6.45, 7) is 3.07. The fourth-order valence-electron chi connectivity index (χ4n) is 1.67. The molecule has 1 atom stereocenters. The Morgan fingerprint density at radius 1 is 1.56 bits per heavy atom. The van der Waals surface area contributed by atoms with E-state index in [9.17, 15) is 0 Å². The van der Waals surface area contributed by atoms with Gasteiger partial charge in [0.1, 0.15) is 11.0 Å². The van der Waals surface area contributed by atoms with Gasteiger partial charge in [-0.2, -0.15) is 0 Å². The monoisotopic (exact) mass is 240 g/mol. The van der Waals surface area contributed by atoms with Crippen LogP contribution in [-0.4, -0.2) is 40.5 Å². The average Bonchev–Trinajstić information content (AvgIpc) is 3.09. The summed E-state index contributed by atoms with van der Waals surface area (Å²) in [5, 5.41) is 3.67. The van der Waals surface area contributed by atoms with Crippen molar-refractivity contribution < 1.29 is 0 Å². The van der Waals surface area contributed by atoms with Crippen molar-refractivity contribution in [3.05, 3.63) is 17.5 Å². The quantitative estimate of drug-likeness (QED) is 0.855. The number of anilines is 1. The van der Waals surface area contributed by atoms with Gasteiger partial charge < -0.3 is 5.32 Å². The van der Waals surface area contributed by atoms with E-state index in [0.29, 0.717) is 11.2 Å². The molecule has 88 valence electrons. The minimum atomic E-state index is 0.424. The van der Waals surface area contributed by atoms with E-state index in [1.165, 1.54) is 19.0 Å². The molecular weight excluding hydrogens is 224 g/mol. The van der Waals surface area contributed by atoms with Crippen molar-refractivity contribution in [1.29, 1.82) is 0 Å². The highest BCUT2D eigenvalue weighted by molar-refractivity contribution is 6.29. The normalized spacial score (nSPS) is 17.5. The SMILES string of the molecule is CC(CNc1cncc(Cl)n1)N(C)C1CC1. The Morgan fingerprint density at radius 3 is 2.94 bits per heavy atom. The molecule has 1 aliphatic carbocycles. The molecule has 0 aliphatic heterocycles. The first-order chi connectivity index (χ1) is 7.66. The Hall–Kier alpha value is -0.870. The van der Waals surface area contributed by atoms with Gasteiger partial charge in [-0.15, -0.1) is 0 Å². The van der Waals surface area contributed by atoms with E-state index in [4.69, 9.17) is 11.6 Å². The molecule has 4 nitrogen and oxygen atoms in total. The third-order valence-electron chi connectivity index (χ3n) is 3.00. The van der Waals surface area contributed by atoms with Gasteiger partial charge in [-0.3, -0.25) is 9.88 Å². The summed E-state index contributed by atoms with van der Waals surface area (Å²) in [6.07, 6.45) is 5.89. The molecule has 1 fully saturated rings. The molecule has 1 aliphatic rings. The summed E-state index contributed by atoms with van der Waals surface area (Å²) in [7, 11) is 2.17. The van der Waals surface area contributed by atoms with Crippen LogP contribution in [0.5, 0.6) is 0 Å². The number of hydrogen-bond acceptors (Lipinski definition) is 4. The second kappa shape index (κ2) is 4.97. The Bertz CT molecular complexity index is 354. The second-order valence-electron chi connectivity index (χ2n) is 4.35. The Morgan fingerprint density at radius 2 is 2.31 bits per heavy atom. The topological polar surface area (TPSA) is 41.1 Å². The molecule has 1 N–H and O–H groups in total. The summed E-state index contributed by atoms with van der Waals surface area (Å²) in [5.41, 5.74) is 0. The maximum Gasteiger partial charge on any atom is 0.149 e. The van der Waals surface area contributed by atoms with Crippen molar-refractivity contribution >= 4 is 17.4 Å². The first-order valence-corrected chi connectivity index (χ1v) is 5.98. The van der Waals surface area contributed by atoms with Gasteiger partial charge in [0.2, 0.25) is 0 Å². The van der Waals surface area contributed by atoms with Gasteiger partial charge in [-0.05, 0) is 26.8 Å². The number of nitrogens with zero attached hydrogens (tertiary/aromatic N) is 3. The second-order valence-corrected chi connectivity index (χ2v) is 4.74. The number of halogens is 1. The molecule has 1 saturated carbocycles. The molecule has 0 saturated heterocycles. The Balaban J connectivity index is 1.82. The van der Waals surface area contributed by atoms with Crippen molar-refractivity contribution in [3.8, 4) is 0 Å². The number of likely N-dealkylation sites (N-methyl/N-ethyl adjacent to an activating group) is 1. The molecule has 1 aromatic rings. The highest BCUT2D eigenvalue weighted by Crippen LogP contribution is 2.26. The maximum atomic E-state index is 5.76. The lowest BCUT2D eigenvalue weighted by atomic mass is 10.3. The molecule has 0 bridgehead atoms. The summed E-state index contributed by atoms with van der Waals surface area (Å²) in [4.78, 5) is 10.5. The number of rotatable bonds is 5. The fraction of sp³-hybridized carbons (Fsp3) is 0.636. The van der Waals surface area contributed by atoms with Crippen LogP contribution in [0.4, 0.5) is 5.82 Å². The van der Waals surface area contributed by atoms with Gasteiger partial charge >= 0.3 is 0 Å². The molecule has 1 heterocycles. The number of hydrogen-bond donors (Lipinski definition) is 1. The highest BCUT2D eigenvalue weighted by atomic mass is 35.5. The minimum Gasteiger partial charge on any atom is -0.367 e. The van der Waals surface area contributed by atoms with Crippen molar-refractivity contribution in [1.82, 2.24) is 14.9 Å². The summed E-state index contributed by atoms with van der Waals surface area (Å²) >= 11 is 5.76. The molecule has 1 unspecified atom stereocenters. The standard InChI is InChI=1S/C11H17ClN4/c1-8(16(2)9-3-4-9)5-14-11-7-13-6-10(12)15-11/h6-9H,3-5H2,1-2H3,(H,14,15). The van der Waals surface area contributed by atoms with Crippen LogP contribution in [0, 0.1) is 0 Å². The van der Waals surface area contributed by atoms with E-state index in [2.05, 4.69) is 34.2 Å². The van der Waals surface area contributed by atoms with Crippen LogP contribution in [-0.2, 0) is 0 Å². The van der Waals surface area contributed by atoms with Gasteiger partial charge in [0.15, 0.2) is 0 Å². The highest BCUT2D eigenvalue weighted by Gasteiger charge is 2.28. The van der Waals surface area contributed by atoms with Crippen LogP contribution < -0.4 is 5.32 Å². The number of aromatic nitrogens is 2. The van der Waals surface area contributed by atoms with Crippen molar-refractivity contribution in [2.45, 2.75) is 31.8 Å². The summed E-state index contributed by atoms with van der Waals surface area (Å²) < 4.78 is 0. The lowest BCUT2D eigenvalue weighted by Gasteiger charge is -2.24. The third-order valence-corrected chi connectivity index (χ3v) is 3.18. The van der Waals surface area contributed by atoms with Crippen molar-refractivity contribution in [2.75, 3.05) is 18.9 Å². The maximum absolute atomic E-state index is 5.76. The van der Waals surface area contributed by atoms with Gasteiger partial charge in [0.05, 0.1) is 12.4 Å². The molecule has 2 rings (SSSR count). The van der Waals surface area contributed by atoms with Crippen LogP contribution in [0.2, 0.25) is 5.15 Å². The molecule has 5 heteroatoms. The van der Waals surface area contributed by atoms with Crippen LogP contribution in [0.25, 0.3) is 0 Å². The molecule has 16 heavy (non-hydrogen) atoms. The smallest absolute Gasteiger partial charge is 0.149 e. The van der Waals surface area contributed by atoms with Crippen LogP contribution in [0.1, 0.15) is 19.8 Å². The Kier molecular flexibility index (Phi) is 3.61. The van der Waals surface area contributed by atoms with E-state index >= 15 is 0 Å². The third kappa shape index (κ3) is 3.06. The first kappa shape index (κ1) is 11.6. The zero-order valence-corrected chi connectivity index (χ0v) is 10.4. The summed E-state index contributed by atoms with van der Waals surface area (Å²) in [5.74, 6) is 0.739. The fourth-order valence-corrected chi connectivity index (χ4v) is 1.81. The van der Waals surface area contributed by atoms with Crippen LogP contribution >= 0.6 is 11.6 Å². The van der Waals surface area contributed by atoms with Crippen molar-refractivity contribution in [2.24, 2.45) is 0 Å². The molecule has 0 aromatic carbocycles. The molecular formula is C11H17ClN4. The lowest BCUT2D eigenvalue weighted by molar-refractivity contribution is 0.257. The summed E-state index contributed by atoms with van der Waals surface area (Å²) in [6, 6.07) is 1.27. The molecule has 0 amide bonds. The van der Waals surface area contributed by atoms with E-state index in [-0.39, 0.29) is 0 Å². The van der Waals surface area contributed by atoms with Gasteiger partial charge in [-0.25, -0.2) is 4.98 Å². The van der Waals surface area contributed by atoms with Crippen LogP contribution in [0.15, 0.2) is 12.4 Å². The van der Waals surface area contributed by atoms with E-state index in [0.717, 1.165) is 18.4 Å². The zero-order valence-electron chi connectivity index (χ0n) is 9.65. The number of nitrogens with one attached hydrogen (secondary N) is 1. The molecule has 0 radical (unpaired) electrons. The minimum absolute atomic E-state index is 0.424. The first-order valence-electron chi connectivity index (χ1n) is 5.60. The zero-order chi connectivity index (χ0) is 11.5. The van der Waals surface area contributed by atoms with E-state index < -0.39 is 0 Å². The van der Waals surface area contributed by atoms with Gasteiger partial charge in [0.25, 0.3) is 0 Å². The van der Waals surface area contributed by atoms with Crippen molar-refractivity contribution in [3.63, 3.8) is 0 Å². The largest absolute Gasteiger partial charge is 0.367 e. The predicted molar refractivity (Wildman–Crippen MR) is 65.8 cm³/mol. The Labute approximate surface area is 101 Å². The average molecular weight is 241 g/mol. The van der Waals surface area contributed by atoms with Gasteiger partial charge in [0, 0.05) is 18.6 Å². The predicted octanol–water partition coefficient (Wildman–Crippen LogP) is 2.02.